The molecular formula is C36H67NO10. The maximum atomic E-state index is 12.9. The number of nitrogens with one attached hydrogen (secondary N) is 1. The summed E-state index contributed by atoms with van der Waals surface area (Å²) in [7, 11) is 0. The van der Waals surface area contributed by atoms with E-state index in [1.165, 1.54) is 44.9 Å². The molecule has 0 bridgehead atoms. The standard InChI is InChI=1S/C36H67NO10/c1-3-5-7-9-11-13-14-15-16-18-20-22-24-29(40)35(45)37-27(26-46-36-34(44)33(43)32(42)30(25-38)47-36)31(41)28(39)23-21-19-17-12-10-8-6-4-2/h12,15-17,27-34,36,38-44H,3-11,13-14,18-26H2,1-2H3,(H,37,45)/b16-15-,17-12+. The number of carbonyl (C=O) groups is 1. The van der Waals surface area contributed by atoms with E-state index in [0.717, 1.165) is 44.9 Å². The van der Waals surface area contributed by atoms with Gasteiger partial charge in [0.2, 0.25) is 5.91 Å². The van der Waals surface area contributed by atoms with E-state index >= 15 is 0 Å². The number of allylic oxidation sites excluding steroid dienone is 4. The Kier molecular flexibility index (Phi) is 25.4. The van der Waals surface area contributed by atoms with Gasteiger partial charge in [-0.3, -0.25) is 4.79 Å². The van der Waals surface area contributed by atoms with Crippen molar-refractivity contribution in [2.24, 2.45) is 0 Å². The zero-order valence-corrected chi connectivity index (χ0v) is 29.0. The highest BCUT2D eigenvalue weighted by Gasteiger charge is 2.44. The Hall–Kier alpha value is -1.41. The number of hydrogen-bond donors (Lipinski definition) is 8. The number of carbonyl (C=O) groups excluding carboxylic acids is 1. The molecule has 47 heavy (non-hydrogen) atoms. The maximum Gasteiger partial charge on any atom is 0.249 e. The summed E-state index contributed by atoms with van der Waals surface area (Å²) in [4.78, 5) is 12.9. The van der Waals surface area contributed by atoms with E-state index in [0.29, 0.717) is 12.8 Å². The topological polar surface area (TPSA) is 189 Å². The lowest BCUT2D eigenvalue weighted by molar-refractivity contribution is -0.303. The van der Waals surface area contributed by atoms with Crippen LogP contribution in [-0.2, 0) is 14.3 Å². The zero-order valence-electron chi connectivity index (χ0n) is 29.0. The van der Waals surface area contributed by atoms with E-state index in [1.54, 1.807) is 0 Å². The average Bonchev–Trinajstić information content (AvgIpc) is 3.07. The zero-order chi connectivity index (χ0) is 34.9. The Morgan fingerprint density at radius 3 is 1.87 bits per heavy atom. The third kappa shape index (κ3) is 18.8. The van der Waals surface area contributed by atoms with Gasteiger partial charge in [0.05, 0.1) is 25.4 Å². The number of rotatable bonds is 28. The Bertz CT molecular complexity index is 826. The van der Waals surface area contributed by atoms with Crippen LogP contribution in [0.5, 0.6) is 0 Å². The Morgan fingerprint density at radius 2 is 1.26 bits per heavy atom. The monoisotopic (exact) mass is 673 g/mol. The first kappa shape index (κ1) is 43.6. The van der Waals surface area contributed by atoms with E-state index in [-0.39, 0.29) is 12.8 Å². The van der Waals surface area contributed by atoms with Crippen molar-refractivity contribution in [3.8, 4) is 0 Å². The summed E-state index contributed by atoms with van der Waals surface area (Å²) >= 11 is 0. The van der Waals surface area contributed by atoms with Gasteiger partial charge in [0.1, 0.15) is 36.6 Å². The molecule has 0 spiro atoms. The van der Waals surface area contributed by atoms with Crippen molar-refractivity contribution in [2.75, 3.05) is 13.2 Å². The molecule has 0 aliphatic carbocycles. The maximum absolute atomic E-state index is 12.9. The molecule has 1 aliphatic heterocycles. The average molecular weight is 674 g/mol. The minimum atomic E-state index is -1.67. The van der Waals surface area contributed by atoms with Crippen LogP contribution in [0.3, 0.4) is 0 Å². The summed E-state index contributed by atoms with van der Waals surface area (Å²) < 4.78 is 11.0. The van der Waals surface area contributed by atoms with Gasteiger partial charge in [0, 0.05) is 0 Å². The van der Waals surface area contributed by atoms with Gasteiger partial charge in [0.25, 0.3) is 0 Å². The fourth-order valence-corrected chi connectivity index (χ4v) is 5.55. The molecule has 0 aromatic carbocycles. The van der Waals surface area contributed by atoms with Crippen molar-refractivity contribution in [1.82, 2.24) is 5.32 Å². The number of amides is 1. The molecule has 9 unspecified atom stereocenters. The predicted octanol–water partition coefficient (Wildman–Crippen LogP) is 3.54. The van der Waals surface area contributed by atoms with Crippen LogP contribution in [0.2, 0.25) is 0 Å². The van der Waals surface area contributed by atoms with E-state index < -0.39 is 74.2 Å². The molecule has 0 radical (unpaired) electrons. The lowest BCUT2D eigenvalue weighted by Gasteiger charge is -2.40. The molecule has 1 amide bonds. The summed E-state index contributed by atoms with van der Waals surface area (Å²) in [5.74, 6) is -0.729. The van der Waals surface area contributed by atoms with Crippen LogP contribution < -0.4 is 5.32 Å². The Balaban J connectivity index is 2.63. The molecular weight excluding hydrogens is 606 g/mol. The normalized spacial score (nSPS) is 24.5. The molecule has 9 atom stereocenters. The SMILES string of the molecule is CCCCC/C=C/CCCC(O)C(O)C(COC1OC(CO)C(O)C(O)C1O)NC(=O)C(O)CCCC/C=C\CCCCCCCC. The highest BCUT2D eigenvalue weighted by atomic mass is 16.7. The molecule has 276 valence electrons. The predicted molar refractivity (Wildman–Crippen MR) is 182 cm³/mol. The summed E-state index contributed by atoms with van der Waals surface area (Å²) in [6.45, 7) is 3.28. The van der Waals surface area contributed by atoms with Crippen molar-refractivity contribution in [1.29, 1.82) is 0 Å². The van der Waals surface area contributed by atoms with Gasteiger partial charge in [-0.05, 0) is 64.2 Å². The summed E-state index contributed by atoms with van der Waals surface area (Å²) in [5, 5.41) is 74.8. The van der Waals surface area contributed by atoms with Gasteiger partial charge in [-0.15, -0.1) is 0 Å². The number of hydrogen-bond acceptors (Lipinski definition) is 10. The minimum absolute atomic E-state index is 0.223. The molecule has 1 saturated heterocycles. The van der Waals surface area contributed by atoms with Crippen LogP contribution in [0, 0.1) is 0 Å². The number of aliphatic hydroxyl groups is 7. The van der Waals surface area contributed by atoms with E-state index in [4.69, 9.17) is 9.47 Å². The lowest BCUT2D eigenvalue weighted by atomic mass is 9.98. The molecule has 1 rings (SSSR count). The molecule has 8 N–H and O–H groups in total. The molecule has 1 heterocycles. The van der Waals surface area contributed by atoms with E-state index in [1.807, 2.05) is 0 Å². The quantitative estimate of drug-likeness (QED) is 0.0451. The van der Waals surface area contributed by atoms with Crippen molar-refractivity contribution < 1.29 is 50.0 Å². The van der Waals surface area contributed by atoms with Crippen LogP contribution >= 0.6 is 0 Å². The summed E-state index contributed by atoms with van der Waals surface area (Å²) in [6.07, 6.45) is 14.1. The van der Waals surface area contributed by atoms with Crippen molar-refractivity contribution in [2.45, 2.75) is 184 Å². The third-order valence-corrected chi connectivity index (χ3v) is 8.73. The van der Waals surface area contributed by atoms with Crippen LogP contribution in [0.25, 0.3) is 0 Å². The second-order valence-electron chi connectivity index (χ2n) is 12.9. The highest BCUT2D eigenvalue weighted by Crippen LogP contribution is 2.23. The second-order valence-corrected chi connectivity index (χ2v) is 12.9. The van der Waals surface area contributed by atoms with Gasteiger partial charge in [-0.2, -0.15) is 0 Å². The molecule has 1 fully saturated rings. The van der Waals surface area contributed by atoms with Crippen LogP contribution in [0.15, 0.2) is 24.3 Å². The molecule has 11 heteroatoms. The Labute approximate surface area is 283 Å². The second kappa shape index (κ2) is 27.4. The van der Waals surface area contributed by atoms with Crippen molar-refractivity contribution >= 4 is 5.91 Å². The smallest absolute Gasteiger partial charge is 0.249 e. The first-order chi connectivity index (χ1) is 22.7. The van der Waals surface area contributed by atoms with Crippen LogP contribution in [-0.4, -0.2) is 110 Å². The Morgan fingerprint density at radius 1 is 0.723 bits per heavy atom. The largest absolute Gasteiger partial charge is 0.394 e. The lowest BCUT2D eigenvalue weighted by Crippen LogP contribution is -2.60. The summed E-state index contributed by atoms with van der Waals surface area (Å²) in [6, 6.07) is -1.19. The van der Waals surface area contributed by atoms with Crippen molar-refractivity contribution in [3.05, 3.63) is 24.3 Å². The number of unbranched alkanes of at least 4 members (excludes halogenated alkanes) is 12. The number of aliphatic hydroxyl groups excluding tert-OH is 7. The highest BCUT2D eigenvalue weighted by molar-refractivity contribution is 5.80. The fraction of sp³-hybridized carbons (Fsp3) is 0.861. The first-order valence-corrected chi connectivity index (χ1v) is 18.2. The van der Waals surface area contributed by atoms with Crippen LogP contribution in [0.1, 0.15) is 129 Å². The fourth-order valence-electron chi connectivity index (χ4n) is 5.55. The van der Waals surface area contributed by atoms with Gasteiger partial charge in [0.15, 0.2) is 6.29 Å². The third-order valence-electron chi connectivity index (χ3n) is 8.73. The molecule has 0 saturated carbocycles. The van der Waals surface area contributed by atoms with E-state index in [2.05, 4.69) is 43.5 Å². The van der Waals surface area contributed by atoms with Gasteiger partial charge in [-0.25, -0.2) is 0 Å². The number of ether oxygens (including phenoxy) is 2. The minimum Gasteiger partial charge on any atom is -0.394 e. The molecule has 0 aromatic rings. The van der Waals surface area contributed by atoms with Crippen molar-refractivity contribution in [3.63, 3.8) is 0 Å². The molecule has 1 aliphatic rings. The van der Waals surface area contributed by atoms with Gasteiger partial charge < -0.3 is 50.5 Å². The van der Waals surface area contributed by atoms with Gasteiger partial charge >= 0.3 is 0 Å². The molecule has 0 aromatic heterocycles. The van der Waals surface area contributed by atoms with E-state index in [9.17, 15) is 40.5 Å². The summed E-state index contributed by atoms with van der Waals surface area (Å²) in [5.41, 5.74) is 0. The van der Waals surface area contributed by atoms with Crippen LogP contribution in [0.4, 0.5) is 0 Å². The first-order valence-electron chi connectivity index (χ1n) is 18.2. The molecule has 11 nitrogen and oxygen atoms in total. The van der Waals surface area contributed by atoms with Gasteiger partial charge in [-0.1, -0.05) is 89.5 Å².